The maximum absolute atomic E-state index is 12.9. The average molecular weight is 451 g/mol. The maximum atomic E-state index is 12.9. The Balaban J connectivity index is 1.45. The summed E-state index contributed by atoms with van der Waals surface area (Å²) in [5, 5.41) is 0.539. The van der Waals surface area contributed by atoms with Crippen LogP contribution in [0.2, 0.25) is 5.02 Å². The van der Waals surface area contributed by atoms with Crippen LogP contribution in [0, 0.1) is 0 Å². The summed E-state index contributed by atoms with van der Waals surface area (Å²) in [6.07, 6.45) is 2.40. The van der Waals surface area contributed by atoms with E-state index in [2.05, 4.69) is 23.6 Å². The van der Waals surface area contributed by atoms with Gasteiger partial charge < -0.3 is 14.5 Å². The first-order valence-corrected chi connectivity index (χ1v) is 11.7. The molecule has 7 nitrogen and oxygen atoms in total. The van der Waals surface area contributed by atoms with Crippen LogP contribution in [0.25, 0.3) is 0 Å². The molecule has 0 N–H and O–H groups in total. The van der Waals surface area contributed by atoms with Gasteiger partial charge in [-0.25, -0.2) is 0 Å². The summed E-state index contributed by atoms with van der Waals surface area (Å²) in [4.78, 5) is 34.1. The van der Waals surface area contributed by atoms with E-state index in [1.807, 2.05) is 9.80 Å². The Labute approximate surface area is 190 Å². The highest BCUT2D eigenvalue weighted by molar-refractivity contribution is 6.30. The highest BCUT2D eigenvalue weighted by Gasteiger charge is 2.28. The number of carbonyl (C=O) groups excluding carboxylic acids is 2. The van der Waals surface area contributed by atoms with E-state index in [1.54, 1.807) is 18.2 Å². The predicted octanol–water partition coefficient (Wildman–Crippen LogP) is 2.44. The zero-order valence-corrected chi connectivity index (χ0v) is 19.7. The van der Waals surface area contributed by atoms with E-state index in [0.29, 0.717) is 55.1 Å². The van der Waals surface area contributed by atoms with Crippen molar-refractivity contribution in [2.45, 2.75) is 32.7 Å². The van der Waals surface area contributed by atoms with E-state index in [0.717, 1.165) is 26.2 Å². The Morgan fingerprint density at radius 1 is 1.03 bits per heavy atom. The van der Waals surface area contributed by atoms with Gasteiger partial charge >= 0.3 is 0 Å². The fourth-order valence-corrected chi connectivity index (χ4v) is 4.59. The van der Waals surface area contributed by atoms with Gasteiger partial charge in [-0.1, -0.05) is 24.9 Å². The van der Waals surface area contributed by atoms with Gasteiger partial charge in [0.15, 0.2) is 0 Å². The molecule has 1 aromatic carbocycles. The number of nitrogens with zero attached hydrogens (tertiary/aromatic N) is 4. The second-order valence-electron chi connectivity index (χ2n) is 8.47. The molecule has 0 bridgehead atoms. The molecular formula is C23H35ClN4O3. The third-order valence-corrected chi connectivity index (χ3v) is 6.64. The first-order chi connectivity index (χ1) is 14.9. The van der Waals surface area contributed by atoms with Gasteiger partial charge in [0.05, 0.1) is 19.2 Å². The van der Waals surface area contributed by atoms with Crippen molar-refractivity contribution in [2.24, 2.45) is 0 Å². The molecule has 0 radical (unpaired) electrons. The van der Waals surface area contributed by atoms with Crippen molar-refractivity contribution in [3.63, 3.8) is 0 Å². The molecule has 0 spiro atoms. The molecule has 0 aliphatic carbocycles. The molecule has 8 heteroatoms. The van der Waals surface area contributed by atoms with E-state index >= 15 is 0 Å². The van der Waals surface area contributed by atoms with E-state index in [4.69, 9.17) is 16.3 Å². The highest BCUT2D eigenvalue weighted by atomic mass is 35.5. The van der Waals surface area contributed by atoms with Crippen LogP contribution in [0.1, 0.15) is 37.0 Å². The zero-order valence-electron chi connectivity index (χ0n) is 19.0. The lowest BCUT2D eigenvalue weighted by Gasteiger charge is -2.39. The molecule has 2 fully saturated rings. The van der Waals surface area contributed by atoms with Gasteiger partial charge in [-0.3, -0.25) is 19.4 Å². The van der Waals surface area contributed by atoms with Gasteiger partial charge in [-0.15, -0.1) is 0 Å². The largest absolute Gasteiger partial charge is 0.496 e. The Morgan fingerprint density at radius 2 is 1.68 bits per heavy atom. The summed E-state index contributed by atoms with van der Waals surface area (Å²) >= 11 is 6.00. The van der Waals surface area contributed by atoms with Gasteiger partial charge in [0.2, 0.25) is 5.91 Å². The number of ether oxygens (including phenoxy) is 1. The SMILES string of the molecule is CCCC(C)N1CCN(C(=O)CN2CCN(C(=O)c3ccc(Cl)cc3OC)CC2)CC1. The molecule has 2 aliphatic rings. The van der Waals surface area contributed by atoms with Crippen molar-refractivity contribution in [2.75, 3.05) is 66.0 Å². The molecule has 0 saturated carbocycles. The number of amides is 2. The predicted molar refractivity (Wildman–Crippen MR) is 123 cm³/mol. The highest BCUT2D eigenvalue weighted by Crippen LogP contribution is 2.25. The van der Waals surface area contributed by atoms with Crippen molar-refractivity contribution in [3.05, 3.63) is 28.8 Å². The zero-order chi connectivity index (χ0) is 22.4. The molecule has 3 rings (SSSR count). The number of carbonyl (C=O) groups is 2. The molecule has 0 aromatic heterocycles. The monoisotopic (exact) mass is 450 g/mol. The third-order valence-electron chi connectivity index (χ3n) is 6.41. The van der Waals surface area contributed by atoms with E-state index in [9.17, 15) is 9.59 Å². The lowest BCUT2D eigenvalue weighted by atomic mass is 10.1. The van der Waals surface area contributed by atoms with Crippen molar-refractivity contribution in [1.29, 1.82) is 0 Å². The molecule has 1 atom stereocenters. The topological polar surface area (TPSA) is 56.3 Å². The molecule has 2 amide bonds. The quantitative estimate of drug-likeness (QED) is 0.638. The van der Waals surface area contributed by atoms with Gasteiger partial charge in [0.25, 0.3) is 5.91 Å². The number of hydrogen-bond acceptors (Lipinski definition) is 5. The van der Waals surface area contributed by atoms with Crippen molar-refractivity contribution in [1.82, 2.24) is 19.6 Å². The molecule has 31 heavy (non-hydrogen) atoms. The van der Waals surface area contributed by atoms with Gasteiger partial charge in [0.1, 0.15) is 5.75 Å². The minimum atomic E-state index is -0.0585. The van der Waals surface area contributed by atoms with Crippen LogP contribution in [0.3, 0.4) is 0 Å². The van der Waals surface area contributed by atoms with E-state index in [-0.39, 0.29) is 11.8 Å². The standard InChI is InChI=1S/C23H35ClN4O3/c1-4-5-18(2)26-12-14-27(15-13-26)22(29)17-25-8-10-28(11-9-25)23(30)20-7-6-19(24)16-21(20)31-3/h6-7,16,18H,4-5,8-15,17H2,1-3H3. The summed E-state index contributed by atoms with van der Waals surface area (Å²) < 4.78 is 5.32. The lowest BCUT2D eigenvalue weighted by Crippen LogP contribution is -2.55. The molecule has 1 unspecified atom stereocenters. The Kier molecular flexibility index (Phi) is 8.58. The smallest absolute Gasteiger partial charge is 0.257 e. The van der Waals surface area contributed by atoms with Gasteiger partial charge in [-0.2, -0.15) is 0 Å². The van der Waals surface area contributed by atoms with Crippen LogP contribution >= 0.6 is 11.6 Å². The minimum absolute atomic E-state index is 0.0585. The van der Waals surface area contributed by atoms with E-state index < -0.39 is 0 Å². The Bertz CT molecular complexity index is 759. The summed E-state index contributed by atoms with van der Waals surface area (Å²) in [6, 6.07) is 5.66. The molecule has 172 valence electrons. The average Bonchev–Trinajstić information content (AvgIpc) is 2.79. The van der Waals surface area contributed by atoms with Crippen LogP contribution in [0.5, 0.6) is 5.75 Å². The number of methoxy groups -OCH3 is 1. The van der Waals surface area contributed by atoms with Crippen molar-refractivity contribution in [3.8, 4) is 5.75 Å². The van der Waals surface area contributed by atoms with Crippen molar-refractivity contribution < 1.29 is 14.3 Å². The number of piperazine rings is 2. The summed E-state index contributed by atoms with van der Waals surface area (Å²) in [7, 11) is 1.54. The normalized spacial score (nSPS) is 19.4. The fourth-order valence-electron chi connectivity index (χ4n) is 4.42. The molecule has 2 aliphatic heterocycles. The first-order valence-electron chi connectivity index (χ1n) is 11.3. The van der Waals surface area contributed by atoms with Crippen molar-refractivity contribution >= 4 is 23.4 Å². The third kappa shape index (κ3) is 6.11. The van der Waals surface area contributed by atoms with Gasteiger partial charge in [0, 0.05) is 63.4 Å². The summed E-state index contributed by atoms with van der Waals surface area (Å²) in [6.45, 7) is 11.0. The maximum Gasteiger partial charge on any atom is 0.257 e. The van der Waals surface area contributed by atoms with Crippen LogP contribution in [0.15, 0.2) is 18.2 Å². The van der Waals surface area contributed by atoms with Crippen LogP contribution in [-0.4, -0.2) is 103 Å². The Morgan fingerprint density at radius 3 is 2.29 bits per heavy atom. The van der Waals surface area contributed by atoms with E-state index in [1.165, 1.54) is 20.0 Å². The minimum Gasteiger partial charge on any atom is -0.496 e. The second-order valence-corrected chi connectivity index (χ2v) is 8.90. The number of hydrogen-bond donors (Lipinski definition) is 0. The first kappa shape index (κ1) is 23.8. The molecule has 2 heterocycles. The second kappa shape index (κ2) is 11.2. The number of halogens is 1. The number of benzene rings is 1. The molecule has 1 aromatic rings. The molecular weight excluding hydrogens is 416 g/mol. The van der Waals surface area contributed by atoms with Gasteiger partial charge in [-0.05, 0) is 31.5 Å². The van der Waals surface area contributed by atoms with Crippen LogP contribution in [0.4, 0.5) is 0 Å². The van der Waals surface area contributed by atoms with Crippen LogP contribution in [-0.2, 0) is 4.79 Å². The fraction of sp³-hybridized carbons (Fsp3) is 0.652. The summed E-state index contributed by atoms with van der Waals surface area (Å²) in [5.74, 6) is 0.626. The lowest BCUT2D eigenvalue weighted by molar-refractivity contribution is -0.134. The molecule has 2 saturated heterocycles. The summed E-state index contributed by atoms with van der Waals surface area (Å²) in [5.41, 5.74) is 0.520. The Hall–Kier alpha value is -1.83. The number of rotatable bonds is 7. The van der Waals surface area contributed by atoms with Crippen LogP contribution < -0.4 is 4.74 Å².